The number of fused-ring (bicyclic) bond motifs is 1. The Kier molecular flexibility index (Phi) is 6.96. The van der Waals surface area contributed by atoms with Gasteiger partial charge in [-0.05, 0) is 75.7 Å². The van der Waals surface area contributed by atoms with E-state index in [0.29, 0.717) is 33.9 Å². The number of halogens is 1. The van der Waals surface area contributed by atoms with Gasteiger partial charge in [0.05, 0.1) is 5.52 Å². The zero-order valence-corrected chi connectivity index (χ0v) is 18.8. The first-order valence-electron chi connectivity index (χ1n) is 11.0. The molecule has 1 aliphatic rings. The van der Waals surface area contributed by atoms with E-state index < -0.39 is 6.10 Å². The molecule has 0 amide bonds. The van der Waals surface area contributed by atoms with Crippen molar-refractivity contribution < 1.29 is 14.2 Å². The minimum atomic E-state index is -1.15. The summed E-state index contributed by atoms with van der Waals surface area (Å²) in [5.41, 5.74) is 8.14. The number of nitrogens with zero attached hydrogens (tertiary/aromatic N) is 3. The largest absolute Gasteiger partial charge is 0.490 e. The molecule has 0 radical (unpaired) electrons. The van der Waals surface area contributed by atoms with Crippen molar-refractivity contribution in [2.45, 2.75) is 38.9 Å². The highest BCUT2D eigenvalue weighted by Gasteiger charge is 2.19. The predicted octanol–water partition coefficient (Wildman–Crippen LogP) is 3.94. The van der Waals surface area contributed by atoms with Crippen LogP contribution in [-0.2, 0) is 0 Å². The number of benzene rings is 2. The summed E-state index contributed by atoms with van der Waals surface area (Å²) in [6.45, 7) is 5.71. The van der Waals surface area contributed by atoms with Crippen molar-refractivity contribution in [2.24, 2.45) is 10.7 Å². The van der Waals surface area contributed by atoms with E-state index in [1.165, 1.54) is 24.3 Å². The second-order valence-corrected chi connectivity index (χ2v) is 8.36. The first-order chi connectivity index (χ1) is 15.9. The second kappa shape index (κ2) is 10.1. The van der Waals surface area contributed by atoms with E-state index in [4.69, 9.17) is 10.5 Å². The van der Waals surface area contributed by atoms with Crippen LogP contribution in [0.2, 0.25) is 0 Å². The third-order valence-corrected chi connectivity index (χ3v) is 5.36. The van der Waals surface area contributed by atoms with E-state index in [-0.39, 0.29) is 17.7 Å². The third-order valence-electron chi connectivity index (χ3n) is 5.36. The van der Waals surface area contributed by atoms with Crippen LogP contribution in [0.3, 0.4) is 0 Å². The maximum atomic E-state index is 13.3. The average Bonchev–Trinajstić information content (AvgIpc) is 2.79. The molecule has 1 saturated heterocycles. The lowest BCUT2D eigenvalue weighted by atomic mass is 10.1. The van der Waals surface area contributed by atoms with E-state index in [9.17, 15) is 9.50 Å². The van der Waals surface area contributed by atoms with Gasteiger partial charge in [-0.15, -0.1) is 0 Å². The molecule has 172 valence electrons. The molecule has 1 aromatic heterocycles. The van der Waals surface area contributed by atoms with Crippen LogP contribution < -0.4 is 15.8 Å². The molecule has 1 aliphatic heterocycles. The topological polar surface area (TPSA) is 106 Å². The highest BCUT2D eigenvalue weighted by atomic mass is 19.1. The number of aliphatic imine (C=N–C) groups is 1. The van der Waals surface area contributed by atoms with Gasteiger partial charge in [0.1, 0.15) is 29.6 Å². The van der Waals surface area contributed by atoms with Crippen molar-refractivity contribution in [3.05, 3.63) is 71.3 Å². The minimum Gasteiger partial charge on any atom is -0.490 e. The summed E-state index contributed by atoms with van der Waals surface area (Å²) in [6, 6.07) is 11.1. The molecule has 1 fully saturated rings. The monoisotopic (exact) mass is 449 g/mol. The van der Waals surface area contributed by atoms with E-state index in [1.54, 1.807) is 6.08 Å². The number of aliphatic hydroxyl groups is 1. The standard InChI is InChI=1S/C25H28FN5O2/c1-15(2)13-22(27)30-24-20-8-7-19(33-18-9-11-28-12-10-18)14-21(20)29-25(31-24)23(32)16-3-5-17(26)6-4-16/h3-8,13-14,18,23,28,32H,9-12H2,1-2H3,(H2,27,29,30,31). The summed E-state index contributed by atoms with van der Waals surface area (Å²) >= 11 is 0. The SMILES string of the molecule is CC(C)=CC(N)=Nc1nc(C(O)c2ccc(F)cc2)nc2cc(OC3CCNCC3)ccc12. The zero-order chi connectivity index (χ0) is 23.4. The number of allylic oxidation sites excluding steroid dienone is 1. The lowest BCUT2D eigenvalue weighted by Gasteiger charge is -2.24. The molecule has 4 N–H and O–H groups in total. The van der Waals surface area contributed by atoms with Gasteiger partial charge in [-0.1, -0.05) is 17.7 Å². The van der Waals surface area contributed by atoms with E-state index in [2.05, 4.69) is 20.3 Å². The quantitative estimate of drug-likeness (QED) is 0.389. The maximum absolute atomic E-state index is 13.3. The van der Waals surface area contributed by atoms with Gasteiger partial charge < -0.3 is 20.9 Å². The van der Waals surface area contributed by atoms with Gasteiger partial charge in [0.15, 0.2) is 11.6 Å². The number of hydrogen-bond acceptors (Lipinski definition) is 6. The van der Waals surface area contributed by atoms with Crippen LogP contribution in [0.15, 0.2) is 59.1 Å². The van der Waals surface area contributed by atoms with Gasteiger partial charge in [-0.2, -0.15) is 0 Å². The molecule has 0 saturated carbocycles. The van der Waals surface area contributed by atoms with Crippen molar-refractivity contribution in [1.29, 1.82) is 0 Å². The fraction of sp³-hybridized carbons (Fsp3) is 0.320. The van der Waals surface area contributed by atoms with E-state index in [1.807, 2.05) is 32.0 Å². The number of piperidine rings is 1. The normalized spacial score (nSPS) is 15.9. The zero-order valence-electron chi connectivity index (χ0n) is 18.8. The molecule has 33 heavy (non-hydrogen) atoms. The van der Waals surface area contributed by atoms with Crippen molar-refractivity contribution >= 4 is 22.6 Å². The number of ether oxygens (including phenoxy) is 1. The fourth-order valence-electron chi connectivity index (χ4n) is 3.74. The first-order valence-corrected chi connectivity index (χ1v) is 11.0. The van der Waals surface area contributed by atoms with Gasteiger partial charge in [-0.25, -0.2) is 19.4 Å². The smallest absolute Gasteiger partial charge is 0.165 e. The highest BCUT2D eigenvalue weighted by molar-refractivity contribution is 5.97. The molecule has 1 atom stereocenters. The minimum absolute atomic E-state index is 0.139. The third kappa shape index (κ3) is 5.71. The predicted molar refractivity (Wildman–Crippen MR) is 127 cm³/mol. The lowest BCUT2D eigenvalue weighted by Crippen LogP contribution is -2.34. The molecule has 1 unspecified atom stereocenters. The number of rotatable bonds is 6. The van der Waals surface area contributed by atoms with Crippen molar-refractivity contribution in [3.8, 4) is 5.75 Å². The van der Waals surface area contributed by atoms with Crippen LogP contribution in [-0.4, -0.2) is 40.1 Å². The number of nitrogens with one attached hydrogen (secondary N) is 1. The van der Waals surface area contributed by atoms with Crippen LogP contribution in [0.1, 0.15) is 44.2 Å². The number of nitrogens with two attached hydrogens (primary N) is 1. The van der Waals surface area contributed by atoms with E-state index in [0.717, 1.165) is 31.5 Å². The Hall–Kier alpha value is -3.36. The number of aliphatic hydroxyl groups excluding tert-OH is 1. The Morgan fingerprint density at radius 3 is 2.61 bits per heavy atom. The fourth-order valence-corrected chi connectivity index (χ4v) is 3.74. The molecule has 8 heteroatoms. The molecule has 0 spiro atoms. The van der Waals surface area contributed by atoms with Crippen LogP contribution in [0.25, 0.3) is 10.9 Å². The summed E-state index contributed by atoms with van der Waals surface area (Å²) in [6.07, 6.45) is 2.61. The Bertz CT molecular complexity index is 1180. The summed E-state index contributed by atoms with van der Waals surface area (Å²) in [4.78, 5) is 13.5. The van der Waals surface area contributed by atoms with Crippen molar-refractivity contribution in [2.75, 3.05) is 13.1 Å². The van der Waals surface area contributed by atoms with Crippen LogP contribution >= 0.6 is 0 Å². The Morgan fingerprint density at radius 1 is 1.18 bits per heavy atom. The Labute approximate surface area is 192 Å². The number of hydrogen-bond donors (Lipinski definition) is 3. The van der Waals surface area contributed by atoms with Gasteiger partial charge in [-0.3, -0.25) is 0 Å². The summed E-state index contributed by atoms with van der Waals surface area (Å²) < 4.78 is 19.5. The number of aromatic nitrogens is 2. The highest BCUT2D eigenvalue weighted by Crippen LogP contribution is 2.30. The molecule has 2 aromatic carbocycles. The summed E-state index contributed by atoms with van der Waals surface area (Å²) in [7, 11) is 0. The van der Waals surface area contributed by atoms with Gasteiger partial charge in [0.25, 0.3) is 0 Å². The van der Waals surface area contributed by atoms with Crippen LogP contribution in [0, 0.1) is 5.82 Å². The first kappa shape index (κ1) is 22.8. The van der Waals surface area contributed by atoms with Crippen LogP contribution in [0.5, 0.6) is 5.75 Å². The van der Waals surface area contributed by atoms with Gasteiger partial charge >= 0.3 is 0 Å². The molecular formula is C25H28FN5O2. The Balaban J connectivity index is 1.77. The second-order valence-electron chi connectivity index (χ2n) is 8.36. The molecule has 0 bridgehead atoms. The molecule has 0 aliphatic carbocycles. The number of amidine groups is 1. The summed E-state index contributed by atoms with van der Waals surface area (Å²) in [5.74, 6) is 1.11. The van der Waals surface area contributed by atoms with Gasteiger partial charge in [0, 0.05) is 11.5 Å². The van der Waals surface area contributed by atoms with Gasteiger partial charge in [0.2, 0.25) is 0 Å². The molecule has 4 rings (SSSR count). The summed E-state index contributed by atoms with van der Waals surface area (Å²) in [5, 5.41) is 14.9. The lowest BCUT2D eigenvalue weighted by molar-refractivity contribution is 0.162. The van der Waals surface area contributed by atoms with Crippen molar-refractivity contribution in [1.82, 2.24) is 15.3 Å². The molecular weight excluding hydrogens is 421 g/mol. The molecule has 3 aromatic rings. The molecule has 7 nitrogen and oxygen atoms in total. The van der Waals surface area contributed by atoms with Crippen molar-refractivity contribution in [3.63, 3.8) is 0 Å². The maximum Gasteiger partial charge on any atom is 0.165 e. The molecule has 2 heterocycles. The van der Waals surface area contributed by atoms with Crippen LogP contribution in [0.4, 0.5) is 10.2 Å². The average molecular weight is 450 g/mol. The van der Waals surface area contributed by atoms with E-state index >= 15 is 0 Å². The Morgan fingerprint density at radius 2 is 1.91 bits per heavy atom.